The molecule has 26 heavy (non-hydrogen) atoms. The molecular formula is C17H20ClN4O4+. The Balaban J connectivity index is 1.68. The topological polar surface area (TPSA) is 105 Å². The van der Waals surface area contributed by atoms with Gasteiger partial charge in [-0.1, -0.05) is 11.6 Å². The number of likely N-dealkylation sites (N-methyl/N-ethyl adjacent to an activating group) is 1. The molecule has 1 heterocycles. The summed E-state index contributed by atoms with van der Waals surface area (Å²) >= 11 is 5.78. The predicted molar refractivity (Wildman–Crippen MR) is 95.8 cm³/mol. The van der Waals surface area contributed by atoms with Crippen molar-refractivity contribution in [1.29, 1.82) is 0 Å². The fraction of sp³-hybridized carbons (Fsp3) is 0.235. The summed E-state index contributed by atoms with van der Waals surface area (Å²) in [4.78, 5) is 36.1. The molecule has 1 aromatic carbocycles. The SMILES string of the molecule is C[NH+](CC(=O)NC(=O)NCc1ccco1)CC(=O)Nc1ccc(Cl)cc1. The van der Waals surface area contributed by atoms with Crippen molar-refractivity contribution in [3.8, 4) is 0 Å². The molecule has 8 nitrogen and oxygen atoms in total. The van der Waals surface area contributed by atoms with Crippen molar-refractivity contribution in [3.63, 3.8) is 0 Å². The summed E-state index contributed by atoms with van der Waals surface area (Å²) in [5.74, 6) is -0.159. The van der Waals surface area contributed by atoms with Crippen LogP contribution in [0, 0.1) is 0 Å². The molecule has 2 aromatic rings. The molecule has 0 radical (unpaired) electrons. The average Bonchev–Trinajstić information content (AvgIpc) is 3.08. The highest BCUT2D eigenvalue weighted by Gasteiger charge is 2.16. The molecule has 4 N–H and O–H groups in total. The van der Waals surface area contributed by atoms with E-state index in [4.69, 9.17) is 16.0 Å². The maximum absolute atomic E-state index is 12.0. The van der Waals surface area contributed by atoms with Gasteiger partial charge in [-0.15, -0.1) is 0 Å². The fourth-order valence-corrected chi connectivity index (χ4v) is 2.27. The zero-order valence-corrected chi connectivity index (χ0v) is 14.9. The minimum Gasteiger partial charge on any atom is -0.467 e. The fourth-order valence-electron chi connectivity index (χ4n) is 2.14. The largest absolute Gasteiger partial charge is 0.467 e. The third-order valence-electron chi connectivity index (χ3n) is 3.31. The van der Waals surface area contributed by atoms with E-state index < -0.39 is 11.9 Å². The number of carbonyl (C=O) groups excluding carboxylic acids is 3. The normalized spacial score (nSPS) is 11.5. The van der Waals surface area contributed by atoms with E-state index in [2.05, 4.69) is 16.0 Å². The summed E-state index contributed by atoms with van der Waals surface area (Å²) in [6.07, 6.45) is 1.49. The summed E-state index contributed by atoms with van der Waals surface area (Å²) in [6.45, 7) is 0.227. The average molecular weight is 380 g/mol. The van der Waals surface area contributed by atoms with E-state index in [1.165, 1.54) is 6.26 Å². The maximum atomic E-state index is 12.0. The Labute approximate surface area is 155 Å². The molecule has 4 amide bonds. The van der Waals surface area contributed by atoms with Crippen molar-refractivity contribution < 1.29 is 23.7 Å². The molecule has 0 fully saturated rings. The third-order valence-corrected chi connectivity index (χ3v) is 3.56. The zero-order valence-electron chi connectivity index (χ0n) is 14.2. The Morgan fingerprint density at radius 2 is 1.77 bits per heavy atom. The lowest BCUT2D eigenvalue weighted by atomic mass is 10.3. The molecule has 0 aliphatic rings. The number of quaternary nitrogens is 1. The lowest BCUT2D eigenvalue weighted by Crippen LogP contribution is -3.11. The number of nitrogens with one attached hydrogen (secondary N) is 4. The first-order chi connectivity index (χ1) is 12.4. The van der Waals surface area contributed by atoms with Crippen molar-refractivity contribution >= 4 is 35.1 Å². The standard InChI is InChI=1S/C17H19ClN4O4/c1-22(10-15(23)20-13-6-4-12(18)5-7-13)11-16(24)21-17(25)19-9-14-3-2-8-26-14/h2-8H,9-11H2,1H3,(H,20,23)(H2,19,21,24,25)/p+1. The van der Waals surface area contributed by atoms with Gasteiger partial charge in [0.1, 0.15) is 5.76 Å². The van der Waals surface area contributed by atoms with Crippen molar-refractivity contribution in [1.82, 2.24) is 10.6 Å². The number of hydrogen-bond acceptors (Lipinski definition) is 4. The molecule has 9 heteroatoms. The molecular weight excluding hydrogens is 360 g/mol. The lowest BCUT2D eigenvalue weighted by molar-refractivity contribution is -0.862. The summed E-state index contributed by atoms with van der Waals surface area (Å²) in [5.41, 5.74) is 0.619. The number of amides is 4. The molecule has 0 aliphatic carbocycles. The molecule has 1 unspecified atom stereocenters. The van der Waals surface area contributed by atoms with Crippen molar-refractivity contribution in [2.24, 2.45) is 0 Å². The van der Waals surface area contributed by atoms with E-state index in [1.807, 2.05) is 0 Å². The number of hydrogen-bond donors (Lipinski definition) is 4. The number of halogens is 1. The van der Waals surface area contributed by atoms with Crippen LogP contribution in [0.15, 0.2) is 47.1 Å². The van der Waals surface area contributed by atoms with Crippen molar-refractivity contribution in [2.45, 2.75) is 6.54 Å². The third kappa shape index (κ3) is 6.96. The summed E-state index contributed by atoms with van der Waals surface area (Å²) in [6, 6.07) is 9.50. The van der Waals surface area contributed by atoms with Crippen LogP contribution in [0.2, 0.25) is 5.02 Å². The van der Waals surface area contributed by atoms with Crippen molar-refractivity contribution in [3.05, 3.63) is 53.4 Å². The molecule has 0 bridgehead atoms. The number of urea groups is 1. The van der Waals surface area contributed by atoms with Gasteiger partial charge in [0.15, 0.2) is 13.1 Å². The zero-order chi connectivity index (χ0) is 18.9. The number of imide groups is 1. The summed E-state index contributed by atoms with van der Waals surface area (Å²) < 4.78 is 5.07. The minimum atomic E-state index is -0.621. The van der Waals surface area contributed by atoms with Gasteiger partial charge in [0, 0.05) is 10.7 Å². The molecule has 0 saturated carbocycles. The van der Waals surface area contributed by atoms with Gasteiger partial charge < -0.3 is 20.0 Å². The van der Waals surface area contributed by atoms with Crippen LogP contribution < -0.4 is 20.9 Å². The maximum Gasteiger partial charge on any atom is 0.321 e. The van der Waals surface area contributed by atoms with Crippen molar-refractivity contribution in [2.75, 3.05) is 25.5 Å². The van der Waals surface area contributed by atoms with E-state index in [0.29, 0.717) is 21.4 Å². The van der Waals surface area contributed by atoms with Crippen LogP contribution >= 0.6 is 11.6 Å². The highest BCUT2D eigenvalue weighted by atomic mass is 35.5. The number of benzene rings is 1. The number of furan rings is 1. The van der Waals surface area contributed by atoms with Gasteiger partial charge in [-0.05, 0) is 36.4 Å². The molecule has 1 aromatic heterocycles. The Morgan fingerprint density at radius 1 is 1.08 bits per heavy atom. The Morgan fingerprint density at radius 3 is 2.42 bits per heavy atom. The van der Waals surface area contributed by atoms with Crippen LogP contribution in [0.1, 0.15) is 5.76 Å². The molecule has 0 spiro atoms. The van der Waals surface area contributed by atoms with Crippen LogP contribution in [-0.4, -0.2) is 38.0 Å². The Kier molecular flexibility index (Phi) is 7.19. The van der Waals surface area contributed by atoms with E-state index >= 15 is 0 Å². The van der Waals surface area contributed by atoms with Gasteiger partial charge in [0.05, 0.1) is 19.9 Å². The van der Waals surface area contributed by atoms with Gasteiger partial charge in [-0.3, -0.25) is 14.9 Å². The van der Waals surface area contributed by atoms with Gasteiger partial charge in [-0.2, -0.15) is 0 Å². The predicted octanol–water partition coefficient (Wildman–Crippen LogP) is 0.412. The summed E-state index contributed by atoms with van der Waals surface area (Å²) in [5, 5.41) is 7.99. The first-order valence-electron chi connectivity index (χ1n) is 7.89. The van der Waals surface area contributed by atoms with Gasteiger partial charge in [0.25, 0.3) is 11.8 Å². The van der Waals surface area contributed by atoms with E-state index in [1.54, 1.807) is 43.4 Å². The van der Waals surface area contributed by atoms with Gasteiger partial charge in [0.2, 0.25) is 0 Å². The lowest BCUT2D eigenvalue weighted by Gasteiger charge is -2.13. The Bertz CT molecular complexity index is 747. The first-order valence-corrected chi connectivity index (χ1v) is 8.27. The van der Waals surface area contributed by atoms with Crippen LogP contribution in [0.25, 0.3) is 0 Å². The molecule has 2 rings (SSSR count). The van der Waals surface area contributed by atoms with Crippen LogP contribution in [0.4, 0.5) is 10.5 Å². The minimum absolute atomic E-state index is 0.0256. The quantitative estimate of drug-likeness (QED) is 0.559. The Hall–Kier alpha value is -2.84. The monoisotopic (exact) mass is 379 g/mol. The number of anilines is 1. The highest BCUT2D eigenvalue weighted by molar-refractivity contribution is 6.30. The van der Waals surface area contributed by atoms with E-state index in [0.717, 1.165) is 0 Å². The molecule has 0 saturated heterocycles. The van der Waals surface area contributed by atoms with E-state index in [9.17, 15) is 14.4 Å². The highest BCUT2D eigenvalue weighted by Crippen LogP contribution is 2.12. The molecule has 138 valence electrons. The van der Waals surface area contributed by atoms with E-state index in [-0.39, 0.29) is 25.5 Å². The van der Waals surface area contributed by atoms with Crippen LogP contribution in [-0.2, 0) is 16.1 Å². The molecule has 0 aliphatic heterocycles. The number of carbonyl (C=O) groups is 3. The van der Waals surface area contributed by atoms with Crippen LogP contribution in [0.5, 0.6) is 0 Å². The van der Waals surface area contributed by atoms with Gasteiger partial charge >= 0.3 is 6.03 Å². The first kappa shape index (κ1) is 19.5. The second-order valence-corrected chi connectivity index (χ2v) is 6.11. The van der Waals surface area contributed by atoms with Crippen LogP contribution in [0.3, 0.4) is 0 Å². The second kappa shape index (κ2) is 9.59. The number of rotatable bonds is 7. The van der Waals surface area contributed by atoms with Gasteiger partial charge in [-0.25, -0.2) is 4.79 Å². The smallest absolute Gasteiger partial charge is 0.321 e. The summed E-state index contributed by atoms with van der Waals surface area (Å²) in [7, 11) is 1.68. The second-order valence-electron chi connectivity index (χ2n) is 5.68. The molecule has 1 atom stereocenters.